The summed E-state index contributed by atoms with van der Waals surface area (Å²) in [4.78, 5) is 25.8. The maximum atomic E-state index is 12.2. The molecule has 120 valence electrons. The summed E-state index contributed by atoms with van der Waals surface area (Å²) in [6.45, 7) is 6.62. The third-order valence-electron chi connectivity index (χ3n) is 3.90. The number of hydrogen-bond acceptors (Lipinski definition) is 3. The first-order valence-corrected chi connectivity index (χ1v) is 7.62. The monoisotopic (exact) mass is 304 g/mol. The molecule has 1 aromatic carbocycles. The van der Waals surface area contributed by atoms with E-state index in [0.717, 1.165) is 29.7 Å². The number of carbonyl (C=O) groups excluding carboxylic acids is 2. The second-order valence-corrected chi connectivity index (χ2v) is 6.02. The van der Waals surface area contributed by atoms with Crippen LogP contribution in [0.25, 0.3) is 0 Å². The quantitative estimate of drug-likeness (QED) is 0.927. The number of likely N-dealkylation sites (N-methyl/N-ethyl adjacent to an activating group) is 1. The molecule has 0 aliphatic carbocycles. The van der Waals surface area contributed by atoms with Crippen molar-refractivity contribution in [2.75, 3.05) is 25.5 Å². The maximum Gasteiger partial charge on any atom is 0.251 e. The Balaban J connectivity index is 1.96. The fraction of sp³-hybridized carbons (Fsp3) is 0.529. The van der Waals surface area contributed by atoms with Gasteiger partial charge in [0.05, 0.1) is 6.54 Å². The minimum absolute atomic E-state index is 0.0332. The van der Waals surface area contributed by atoms with Crippen LogP contribution >= 0.6 is 0 Å². The SMILES string of the molecule is Cc1cc(C)c(NC(=O)CN(C)C(=O)[C@@H]2CCCO2)c(C)c1. The first-order valence-electron chi connectivity index (χ1n) is 7.62. The van der Waals surface area contributed by atoms with Gasteiger partial charge >= 0.3 is 0 Å². The highest BCUT2D eigenvalue weighted by atomic mass is 16.5. The van der Waals surface area contributed by atoms with Gasteiger partial charge in [-0.15, -0.1) is 0 Å². The van der Waals surface area contributed by atoms with E-state index in [4.69, 9.17) is 4.74 Å². The van der Waals surface area contributed by atoms with Gasteiger partial charge in [-0.25, -0.2) is 0 Å². The van der Waals surface area contributed by atoms with Crippen molar-refractivity contribution in [3.05, 3.63) is 28.8 Å². The summed E-state index contributed by atoms with van der Waals surface area (Å²) in [7, 11) is 1.64. The van der Waals surface area contributed by atoms with Gasteiger partial charge in [-0.2, -0.15) is 0 Å². The Hall–Kier alpha value is -1.88. The van der Waals surface area contributed by atoms with Gasteiger partial charge < -0.3 is 15.0 Å². The number of aryl methyl sites for hydroxylation is 3. The van der Waals surface area contributed by atoms with Crippen LogP contribution in [0.3, 0.4) is 0 Å². The summed E-state index contributed by atoms with van der Waals surface area (Å²) in [6, 6.07) is 4.06. The minimum atomic E-state index is -0.388. The molecular formula is C17H24N2O3. The van der Waals surface area contributed by atoms with Crippen LogP contribution in [0.15, 0.2) is 12.1 Å². The van der Waals surface area contributed by atoms with E-state index < -0.39 is 0 Å². The van der Waals surface area contributed by atoms with Gasteiger partial charge in [-0.05, 0) is 44.7 Å². The Kier molecular flexibility index (Phi) is 5.19. The summed E-state index contributed by atoms with van der Waals surface area (Å²) in [5.74, 6) is -0.311. The van der Waals surface area contributed by atoms with Gasteiger partial charge in [0.1, 0.15) is 6.10 Å². The van der Waals surface area contributed by atoms with Crippen LogP contribution in [0.5, 0.6) is 0 Å². The fourth-order valence-corrected chi connectivity index (χ4v) is 2.87. The molecule has 5 heteroatoms. The highest BCUT2D eigenvalue weighted by Crippen LogP contribution is 2.22. The zero-order valence-electron chi connectivity index (χ0n) is 13.7. The molecule has 0 bridgehead atoms. The first kappa shape index (κ1) is 16.5. The zero-order valence-corrected chi connectivity index (χ0v) is 13.7. The molecule has 2 rings (SSSR count). The van der Waals surface area contributed by atoms with Crippen molar-refractivity contribution >= 4 is 17.5 Å². The third-order valence-corrected chi connectivity index (χ3v) is 3.90. The van der Waals surface area contributed by atoms with E-state index in [-0.39, 0.29) is 24.5 Å². The van der Waals surface area contributed by atoms with Crippen LogP contribution in [-0.4, -0.2) is 43.0 Å². The number of nitrogens with zero attached hydrogens (tertiary/aromatic N) is 1. The molecule has 1 saturated heterocycles. The molecule has 1 heterocycles. The summed E-state index contributed by atoms with van der Waals surface area (Å²) < 4.78 is 5.36. The van der Waals surface area contributed by atoms with Crippen molar-refractivity contribution in [3.63, 3.8) is 0 Å². The lowest BCUT2D eigenvalue weighted by molar-refractivity contribution is -0.141. The average Bonchev–Trinajstić information content (AvgIpc) is 2.95. The largest absolute Gasteiger partial charge is 0.368 e. The topological polar surface area (TPSA) is 58.6 Å². The smallest absolute Gasteiger partial charge is 0.251 e. The van der Waals surface area contributed by atoms with E-state index in [1.54, 1.807) is 7.05 Å². The molecule has 2 amide bonds. The van der Waals surface area contributed by atoms with Crippen molar-refractivity contribution in [1.82, 2.24) is 4.90 Å². The predicted molar refractivity (Wildman–Crippen MR) is 85.9 cm³/mol. The number of amides is 2. The minimum Gasteiger partial charge on any atom is -0.368 e. The molecule has 1 N–H and O–H groups in total. The van der Waals surface area contributed by atoms with E-state index in [2.05, 4.69) is 5.32 Å². The average molecular weight is 304 g/mol. The van der Waals surface area contributed by atoms with E-state index in [0.29, 0.717) is 6.61 Å². The van der Waals surface area contributed by atoms with Crippen molar-refractivity contribution in [2.45, 2.75) is 39.7 Å². The number of anilines is 1. The third kappa shape index (κ3) is 3.85. The molecular weight excluding hydrogens is 280 g/mol. The van der Waals surface area contributed by atoms with Crippen LogP contribution < -0.4 is 5.32 Å². The molecule has 1 atom stereocenters. The number of ether oxygens (including phenoxy) is 1. The van der Waals surface area contributed by atoms with Gasteiger partial charge in [0.2, 0.25) is 5.91 Å². The number of nitrogens with one attached hydrogen (secondary N) is 1. The van der Waals surface area contributed by atoms with Crippen LogP contribution in [0, 0.1) is 20.8 Å². The summed E-state index contributed by atoms with van der Waals surface area (Å²) in [6.07, 6.45) is 1.25. The fourth-order valence-electron chi connectivity index (χ4n) is 2.87. The summed E-state index contributed by atoms with van der Waals surface area (Å²) in [5.41, 5.74) is 4.05. The Bertz CT molecular complexity index is 554. The molecule has 0 radical (unpaired) electrons. The Labute approximate surface area is 131 Å². The van der Waals surface area contributed by atoms with Crippen LogP contribution in [-0.2, 0) is 14.3 Å². The number of hydrogen-bond donors (Lipinski definition) is 1. The Morgan fingerprint density at radius 3 is 2.45 bits per heavy atom. The molecule has 0 unspecified atom stereocenters. The standard InChI is InChI=1S/C17H24N2O3/c1-11-8-12(2)16(13(3)9-11)18-15(20)10-19(4)17(21)14-6-5-7-22-14/h8-9,14H,5-7,10H2,1-4H3,(H,18,20)/t14-/m0/s1. The Morgan fingerprint density at radius 1 is 1.27 bits per heavy atom. The van der Waals surface area contributed by atoms with Crippen LogP contribution in [0.4, 0.5) is 5.69 Å². The second-order valence-electron chi connectivity index (χ2n) is 6.02. The van der Waals surface area contributed by atoms with Crippen molar-refractivity contribution in [3.8, 4) is 0 Å². The van der Waals surface area contributed by atoms with E-state index in [9.17, 15) is 9.59 Å². The van der Waals surface area contributed by atoms with E-state index in [1.807, 2.05) is 32.9 Å². The van der Waals surface area contributed by atoms with Crippen molar-refractivity contribution in [2.24, 2.45) is 0 Å². The normalized spacial score (nSPS) is 17.4. The molecule has 1 aliphatic heterocycles. The number of rotatable bonds is 4. The van der Waals surface area contributed by atoms with Gasteiger partial charge in [-0.1, -0.05) is 17.7 Å². The molecule has 0 saturated carbocycles. The van der Waals surface area contributed by atoms with Crippen molar-refractivity contribution < 1.29 is 14.3 Å². The van der Waals surface area contributed by atoms with E-state index >= 15 is 0 Å². The zero-order chi connectivity index (χ0) is 16.3. The van der Waals surface area contributed by atoms with Gasteiger partial charge in [-0.3, -0.25) is 9.59 Å². The maximum absolute atomic E-state index is 12.2. The predicted octanol–water partition coefficient (Wildman–Crippen LogP) is 2.19. The molecule has 5 nitrogen and oxygen atoms in total. The molecule has 0 spiro atoms. The van der Waals surface area contributed by atoms with Gasteiger partial charge in [0.15, 0.2) is 0 Å². The van der Waals surface area contributed by atoms with Gasteiger partial charge in [0.25, 0.3) is 5.91 Å². The molecule has 22 heavy (non-hydrogen) atoms. The van der Waals surface area contributed by atoms with Crippen LogP contribution in [0.1, 0.15) is 29.5 Å². The lowest BCUT2D eigenvalue weighted by atomic mass is 10.1. The molecule has 1 fully saturated rings. The van der Waals surface area contributed by atoms with E-state index in [1.165, 1.54) is 10.5 Å². The Morgan fingerprint density at radius 2 is 1.91 bits per heavy atom. The summed E-state index contributed by atoms with van der Waals surface area (Å²) >= 11 is 0. The second kappa shape index (κ2) is 6.92. The lowest BCUT2D eigenvalue weighted by Gasteiger charge is -2.21. The highest BCUT2D eigenvalue weighted by Gasteiger charge is 2.27. The first-order chi connectivity index (χ1) is 10.4. The molecule has 1 aliphatic rings. The highest BCUT2D eigenvalue weighted by molar-refractivity contribution is 5.96. The molecule has 1 aromatic rings. The van der Waals surface area contributed by atoms with Crippen molar-refractivity contribution in [1.29, 1.82) is 0 Å². The van der Waals surface area contributed by atoms with Crippen LogP contribution in [0.2, 0.25) is 0 Å². The van der Waals surface area contributed by atoms with Gasteiger partial charge in [0, 0.05) is 19.3 Å². The number of benzene rings is 1. The lowest BCUT2D eigenvalue weighted by Crippen LogP contribution is -2.40. The summed E-state index contributed by atoms with van der Waals surface area (Å²) in [5, 5.41) is 2.91. The molecule has 0 aromatic heterocycles. The number of carbonyl (C=O) groups is 2.